The van der Waals surface area contributed by atoms with E-state index in [0.29, 0.717) is 11.9 Å². The first-order valence-electron chi connectivity index (χ1n) is 4.37. The summed E-state index contributed by atoms with van der Waals surface area (Å²) in [5.41, 5.74) is 0. The Morgan fingerprint density at radius 2 is 2.42 bits per heavy atom. The van der Waals surface area contributed by atoms with Crippen molar-refractivity contribution in [1.82, 2.24) is 15.5 Å². The predicted octanol–water partition coefficient (Wildman–Crippen LogP) is 1.02. The molecule has 4 heteroatoms. The van der Waals surface area contributed by atoms with Crippen LogP contribution in [-0.2, 0) is 6.54 Å². The normalized spacial score (nSPS) is 17.8. The Balaban J connectivity index is 1.79. The highest BCUT2D eigenvalue weighted by Crippen LogP contribution is 2.18. The van der Waals surface area contributed by atoms with Gasteiger partial charge in [-0.1, -0.05) is 11.6 Å². The molecule has 1 saturated carbocycles. The van der Waals surface area contributed by atoms with Crippen molar-refractivity contribution in [3.8, 4) is 0 Å². The molecule has 2 rings (SSSR count). The molecule has 1 fully saturated rings. The van der Waals surface area contributed by atoms with Gasteiger partial charge in [0.1, 0.15) is 0 Å². The van der Waals surface area contributed by atoms with Gasteiger partial charge in [0.2, 0.25) is 5.89 Å². The Bertz CT molecular complexity index is 255. The highest BCUT2D eigenvalue weighted by atomic mass is 16.5. The molecular formula is C8H13N3O. The van der Waals surface area contributed by atoms with Crippen molar-refractivity contribution in [2.75, 3.05) is 0 Å². The fourth-order valence-corrected chi connectivity index (χ4v) is 1.26. The number of hydrogen-bond donors (Lipinski definition) is 1. The number of aryl methyl sites for hydroxylation is 1. The van der Waals surface area contributed by atoms with Crippen molar-refractivity contribution in [3.05, 3.63) is 11.7 Å². The summed E-state index contributed by atoms with van der Waals surface area (Å²) < 4.78 is 4.85. The lowest BCUT2D eigenvalue weighted by Crippen LogP contribution is -2.34. The van der Waals surface area contributed by atoms with Crippen molar-refractivity contribution in [3.63, 3.8) is 0 Å². The summed E-state index contributed by atoms with van der Waals surface area (Å²) >= 11 is 0. The van der Waals surface area contributed by atoms with E-state index in [-0.39, 0.29) is 0 Å². The highest BCUT2D eigenvalue weighted by Gasteiger charge is 2.16. The van der Waals surface area contributed by atoms with E-state index in [0.717, 1.165) is 12.4 Å². The number of rotatable bonds is 3. The maximum Gasteiger partial charge on any atom is 0.223 e. The van der Waals surface area contributed by atoms with E-state index in [9.17, 15) is 0 Å². The SMILES string of the molecule is Cc1nc(CNC2CCC2)no1. The molecule has 0 saturated heterocycles. The van der Waals surface area contributed by atoms with Crippen LogP contribution < -0.4 is 5.32 Å². The van der Waals surface area contributed by atoms with Gasteiger partial charge in [-0.25, -0.2) is 0 Å². The van der Waals surface area contributed by atoms with Gasteiger partial charge in [0.25, 0.3) is 0 Å². The van der Waals surface area contributed by atoms with Crippen LogP contribution in [0.4, 0.5) is 0 Å². The molecule has 1 aromatic rings. The summed E-state index contributed by atoms with van der Waals surface area (Å²) in [4.78, 5) is 4.10. The molecular weight excluding hydrogens is 154 g/mol. The summed E-state index contributed by atoms with van der Waals surface area (Å²) in [5, 5.41) is 7.16. The van der Waals surface area contributed by atoms with Crippen LogP contribution in [0.1, 0.15) is 31.0 Å². The molecule has 0 atom stereocenters. The van der Waals surface area contributed by atoms with Crippen LogP contribution in [0, 0.1) is 6.92 Å². The maximum absolute atomic E-state index is 4.85. The zero-order valence-electron chi connectivity index (χ0n) is 7.21. The number of hydrogen-bond acceptors (Lipinski definition) is 4. The molecule has 0 aliphatic heterocycles. The molecule has 1 N–H and O–H groups in total. The van der Waals surface area contributed by atoms with E-state index in [1.54, 1.807) is 6.92 Å². The summed E-state index contributed by atoms with van der Waals surface area (Å²) in [6, 6.07) is 0.684. The van der Waals surface area contributed by atoms with Gasteiger partial charge in [0.15, 0.2) is 5.82 Å². The molecule has 1 aliphatic carbocycles. The number of aromatic nitrogens is 2. The molecule has 1 aromatic heterocycles. The molecule has 66 valence electrons. The Labute approximate surface area is 71.4 Å². The molecule has 1 heterocycles. The second-order valence-corrected chi connectivity index (χ2v) is 3.24. The summed E-state index contributed by atoms with van der Waals surface area (Å²) in [7, 11) is 0. The minimum atomic E-state index is 0.639. The Morgan fingerprint density at radius 3 is 2.92 bits per heavy atom. The van der Waals surface area contributed by atoms with Gasteiger partial charge in [0.05, 0.1) is 6.54 Å². The van der Waals surface area contributed by atoms with E-state index in [1.165, 1.54) is 19.3 Å². The van der Waals surface area contributed by atoms with Gasteiger partial charge in [-0.15, -0.1) is 0 Å². The minimum Gasteiger partial charge on any atom is -0.340 e. The molecule has 0 radical (unpaired) electrons. The van der Waals surface area contributed by atoms with Crippen LogP contribution in [-0.4, -0.2) is 16.2 Å². The second kappa shape index (κ2) is 3.23. The molecule has 0 unspecified atom stereocenters. The lowest BCUT2D eigenvalue weighted by molar-refractivity contribution is 0.330. The van der Waals surface area contributed by atoms with Crippen LogP contribution in [0.15, 0.2) is 4.52 Å². The molecule has 4 nitrogen and oxygen atoms in total. The number of nitrogens with zero attached hydrogens (tertiary/aromatic N) is 2. The van der Waals surface area contributed by atoms with Crippen molar-refractivity contribution in [1.29, 1.82) is 0 Å². The van der Waals surface area contributed by atoms with E-state index in [1.807, 2.05) is 0 Å². The fourth-order valence-electron chi connectivity index (χ4n) is 1.26. The van der Waals surface area contributed by atoms with Crippen molar-refractivity contribution >= 4 is 0 Å². The number of nitrogens with one attached hydrogen (secondary N) is 1. The van der Waals surface area contributed by atoms with Gasteiger partial charge in [0, 0.05) is 13.0 Å². The van der Waals surface area contributed by atoms with Gasteiger partial charge in [-0.05, 0) is 12.8 Å². The second-order valence-electron chi connectivity index (χ2n) is 3.24. The van der Waals surface area contributed by atoms with Crippen LogP contribution in [0.25, 0.3) is 0 Å². The monoisotopic (exact) mass is 167 g/mol. The maximum atomic E-state index is 4.85. The first-order chi connectivity index (χ1) is 5.84. The van der Waals surface area contributed by atoms with E-state index >= 15 is 0 Å². The molecule has 12 heavy (non-hydrogen) atoms. The first-order valence-corrected chi connectivity index (χ1v) is 4.37. The van der Waals surface area contributed by atoms with E-state index in [2.05, 4.69) is 15.5 Å². The summed E-state index contributed by atoms with van der Waals surface area (Å²) in [5.74, 6) is 1.40. The zero-order chi connectivity index (χ0) is 8.39. The standard InChI is InChI=1S/C8H13N3O/c1-6-10-8(11-12-6)5-9-7-3-2-4-7/h7,9H,2-5H2,1H3. The van der Waals surface area contributed by atoms with Gasteiger partial charge in [-0.3, -0.25) is 0 Å². The van der Waals surface area contributed by atoms with Gasteiger partial charge >= 0.3 is 0 Å². The third-order valence-corrected chi connectivity index (χ3v) is 2.22. The quantitative estimate of drug-likeness (QED) is 0.730. The van der Waals surface area contributed by atoms with E-state index < -0.39 is 0 Å². The fraction of sp³-hybridized carbons (Fsp3) is 0.750. The van der Waals surface area contributed by atoms with Crippen LogP contribution in [0.5, 0.6) is 0 Å². The molecule has 0 amide bonds. The minimum absolute atomic E-state index is 0.639. The zero-order valence-corrected chi connectivity index (χ0v) is 7.21. The average molecular weight is 167 g/mol. The van der Waals surface area contributed by atoms with Gasteiger partial charge < -0.3 is 9.84 Å². The molecule has 0 bridgehead atoms. The third-order valence-electron chi connectivity index (χ3n) is 2.22. The lowest BCUT2D eigenvalue weighted by atomic mass is 9.93. The largest absolute Gasteiger partial charge is 0.340 e. The van der Waals surface area contributed by atoms with Crippen LogP contribution >= 0.6 is 0 Å². The van der Waals surface area contributed by atoms with Crippen LogP contribution in [0.2, 0.25) is 0 Å². The lowest BCUT2D eigenvalue weighted by Gasteiger charge is -2.25. The Morgan fingerprint density at radius 1 is 1.58 bits per heavy atom. The van der Waals surface area contributed by atoms with Gasteiger partial charge in [-0.2, -0.15) is 4.98 Å². The topological polar surface area (TPSA) is 51.0 Å². The predicted molar refractivity (Wildman–Crippen MR) is 43.5 cm³/mol. The molecule has 0 aromatic carbocycles. The summed E-state index contributed by atoms with van der Waals surface area (Å²) in [6.07, 6.45) is 3.93. The Hall–Kier alpha value is -0.900. The smallest absolute Gasteiger partial charge is 0.223 e. The van der Waals surface area contributed by atoms with Crippen molar-refractivity contribution in [2.45, 2.75) is 38.8 Å². The Kier molecular flexibility index (Phi) is 2.08. The summed E-state index contributed by atoms with van der Waals surface area (Å²) in [6.45, 7) is 2.54. The van der Waals surface area contributed by atoms with Crippen molar-refractivity contribution in [2.24, 2.45) is 0 Å². The van der Waals surface area contributed by atoms with Crippen molar-refractivity contribution < 1.29 is 4.52 Å². The average Bonchev–Trinajstić information content (AvgIpc) is 2.32. The molecule has 1 aliphatic rings. The highest BCUT2D eigenvalue weighted by molar-refractivity contribution is 4.85. The molecule has 0 spiro atoms. The van der Waals surface area contributed by atoms with E-state index in [4.69, 9.17) is 4.52 Å². The third kappa shape index (κ3) is 1.64. The van der Waals surface area contributed by atoms with Crippen LogP contribution in [0.3, 0.4) is 0 Å². The first kappa shape index (κ1) is 7.73.